The minimum atomic E-state index is 0.141. The van der Waals surface area contributed by atoms with Crippen LogP contribution in [0, 0.1) is 0 Å². The molecular weight excluding hydrogens is 224 g/mol. The van der Waals surface area contributed by atoms with Crippen LogP contribution in [0.25, 0.3) is 0 Å². The molecule has 1 N–H and O–H groups in total. The van der Waals surface area contributed by atoms with Gasteiger partial charge in [0.15, 0.2) is 0 Å². The van der Waals surface area contributed by atoms with Gasteiger partial charge in [-0.15, -0.1) is 0 Å². The zero-order chi connectivity index (χ0) is 13.0. The molecule has 1 saturated carbocycles. The number of rotatable bonds is 5. The minimum absolute atomic E-state index is 0.141. The van der Waals surface area contributed by atoms with Gasteiger partial charge in [0.25, 0.3) is 5.91 Å². The Labute approximate surface area is 109 Å². The van der Waals surface area contributed by atoms with Gasteiger partial charge in [-0.25, -0.2) is 0 Å². The number of hydrogen-bond acceptors (Lipinski definition) is 2. The molecule has 1 aromatic carbocycles. The van der Waals surface area contributed by atoms with E-state index in [-0.39, 0.29) is 5.91 Å². The van der Waals surface area contributed by atoms with Crippen LogP contribution in [0.3, 0.4) is 0 Å². The molecule has 18 heavy (non-hydrogen) atoms. The maximum Gasteiger partial charge on any atom is 0.253 e. The first-order valence-electron chi connectivity index (χ1n) is 6.83. The fourth-order valence-corrected chi connectivity index (χ4v) is 2.14. The van der Waals surface area contributed by atoms with Crippen LogP contribution in [0.4, 0.5) is 5.69 Å². The van der Waals surface area contributed by atoms with Crippen LogP contribution in [0.2, 0.25) is 0 Å². The van der Waals surface area contributed by atoms with E-state index in [2.05, 4.69) is 12.2 Å². The molecule has 1 fully saturated rings. The fraction of sp³-hybridized carbons (Fsp3) is 0.533. The molecule has 0 bridgehead atoms. The van der Waals surface area contributed by atoms with Crippen molar-refractivity contribution in [1.29, 1.82) is 0 Å². The van der Waals surface area contributed by atoms with Crippen molar-refractivity contribution < 1.29 is 4.79 Å². The topological polar surface area (TPSA) is 32.3 Å². The van der Waals surface area contributed by atoms with Gasteiger partial charge < -0.3 is 10.2 Å². The predicted molar refractivity (Wildman–Crippen MR) is 75.0 cm³/mol. The number of benzene rings is 1. The van der Waals surface area contributed by atoms with Crippen molar-refractivity contribution in [1.82, 2.24) is 4.90 Å². The fourth-order valence-electron chi connectivity index (χ4n) is 2.14. The Morgan fingerprint density at radius 2 is 2.00 bits per heavy atom. The third kappa shape index (κ3) is 2.84. The highest BCUT2D eigenvalue weighted by Gasteiger charge is 2.26. The SMILES string of the molecule is CCCNc1ccc(C(=O)N(C)C2CCC2)cc1. The molecule has 0 heterocycles. The second-order valence-electron chi connectivity index (χ2n) is 5.00. The van der Waals surface area contributed by atoms with Crippen molar-refractivity contribution in [3.63, 3.8) is 0 Å². The first kappa shape index (κ1) is 12.9. The molecule has 98 valence electrons. The van der Waals surface area contributed by atoms with Crippen molar-refractivity contribution in [3.05, 3.63) is 29.8 Å². The third-order valence-electron chi connectivity index (χ3n) is 3.65. The number of nitrogens with zero attached hydrogens (tertiary/aromatic N) is 1. The maximum absolute atomic E-state index is 12.2. The van der Waals surface area contributed by atoms with Crippen LogP contribution < -0.4 is 5.32 Å². The summed E-state index contributed by atoms with van der Waals surface area (Å²) < 4.78 is 0. The van der Waals surface area contributed by atoms with Crippen LogP contribution in [0.1, 0.15) is 43.0 Å². The van der Waals surface area contributed by atoms with E-state index in [9.17, 15) is 4.79 Å². The van der Waals surface area contributed by atoms with Crippen LogP contribution in [0.15, 0.2) is 24.3 Å². The summed E-state index contributed by atoms with van der Waals surface area (Å²) in [7, 11) is 1.91. The Hall–Kier alpha value is -1.51. The molecule has 0 spiro atoms. The van der Waals surface area contributed by atoms with Crippen LogP contribution >= 0.6 is 0 Å². The van der Waals surface area contributed by atoms with Gasteiger partial charge in [-0.1, -0.05) is 6.92 Å². The van der Waals surface area contributed by atoms with Gasteiger partial charge in [-0.2, -0.15) is 0 Å². The van der Waals surface area contributed by atoms with E-state index in [1.165, 1.54) is 6.42 Å². The van der Waals surface area contributed by atoms with Gasteiger partial charge in [0, 0.05) is 30.9 Å². The number of hydrogen-bond donors (Lipinski definition) is 1. The molecule has 3 heteroatoms. The second-order valence-corrected chi connectivity index (χ2v) is 5.00. The normalized spacial score (nSPS) is 15.0. The van der Waals surface area contributed by atoms with Crippen molar-refractivity contribution in [3.8, 4) is 0 Å². The standard InChI is InChI=1S/C15H22N2O/c1-3-11-16-13-9-7-12(8-10-13)15(18)17(2)14-5-4-6-14/h7-10,14,16H,3-6,11H2,1-2H3. The van der Waals surface area contributed by atoms with Crippen LogP contribution in [-0.4, -0.2) is 30.4 Å². The van der Waals surface area contributed by atoms with Crippen molar-refractivity contribution in [2.75, 3.05) is 18.9 Å². The number of carbonyl (C=O) groups excluding carboxylic acids is 1. The molecule has 1 aliphatic carbocycles. The third-order valence-corrected chi connectivity index (χ3v) is 3.65. The highest BCUT2D eigenvalue weighted by atomic mass is 16.2. The van der Waals surface area contributed by atoms with E-state index in [1.54, 1.807) is 0 Å². The first-order chi connectivity index (χ1) is 8.72. The monoisotopic (exact) mass is 246 g/mol. The summed E-state index contributed by atoms with van der Waals surface area (Å²) in [6, 6.07) is 8.25. The number of amides is 1. The molecule has 0 unspecified atom stereocenters. The number of nitrogens with one attached hydrogen (secondary N) is 1. The molecule has 0 aromatic heterocycles. The van der Waals surface area contributed by atoms with E-state index in [0.717, 1.165) is 37.1 Å². The smallest absolute Gasteiger partial charge is 0.253 e. The van der Waals surface area contributed by atoms with Crippen LogP contribution in [0.5, 0.6) is 0 Å². The Bertz CT molecular complexity index is 395. The average Bonchev–Trinajstić information content (AvgIpc) is 2.34. The van der Waals surface area contributed by atoms with Crippen molar-refractivity contribution >= 4 is 11.6 Å². The van der Waals surface area contributed by atoms with Gasteiger partial charge in [0.05, 0.1) is 0 Å². The first-order valence-corrected chi connectivity index (χ1v) is 6.83. The summed E-state index contributed by atoms with van der Waals surface area (Å²) in [6.07, 6.45) is 4.66. The summed E-state index contributed by atoms with van der Waals surface area (Å²) in [6.45, 7) is 3.10. The molecular formula is C15H22N2O. The van der Waals surface area contributed by atoms with Gasteiger partial charge in [0.1, 0.15) is 0 Å². The lowest BCUT2D eigenvalue weighted by molar-refractivity contribution is 0.0652. The Kier molecular flexibility index (Phi) is 4.24. The molecule has 2 rings (SSSR count). The Morgan fingerprint density at radius 3 is 2.50 bits per heavy atom. The molecule has 3 nitrogen and oxygen atoms in total. The van der Waals surface area contributed by atoms with Gasteiger partial charge in [-0.05, 0) is 49.9 Å². The molecule has 0 aliphatic heterocycles. The lowest BCUT2D eigenvalue weighted by Crippen LogP contribution is -2.41. The average molecular weight is 246 g/mol. The zero-order valence-corrected chi connectivity index (χ0v) is 11.3. The van der Waals surface area contributed by atoms with E-state index in [4.69, 9.17) is 0 Å². The molecule has 1 aliphatic rings. The van der Waals surface area contributed by atoms with E-state index in [1.807, 2.05) is 36.2 Å². The maximum atomic E-state index is 12.2. The lowest BCUT2D eigenvalue weighted by atomic mass is 9.91. The van der Waals surface area contributed by atoms with E-state index >= 15 is 0 Å². The van der Waals surface area contributed by atoms with E-state index < -0.39 is 0 Å². The van der Waals surface area contributed by atoms with E-state index in [0.29, 0.717) is 6.04 Å². The molecule has 0 saturated heterocycles. The summed E-state index contributed by atoms with van der Waals surface area (Å²) >= 11 is 0. The molecule has 0 radical (unpaired) electrons. The van der Waals surface area contributed by atoms with Gasteiger partial charge >= 0.3 is 0 Å². The molecule has 0 atom stereocenters. The van der Waals surface area contributed by atoms with Gasteiger partial charge in [0.2, 0.25) is 0 Å². The summed E-state index contributed by atoms with van der Waals surface area (Å²) in [5.41, 5.74) is 1.87. The Morgan fingerprint density at radius 1 is 1.33 bits per heavy atom. The summed E-state index contributed by atoms with van der Waals surface area (Å²) in [4.78, 5) is 14.1. The zero-order valence-electron chi connectivity index (χ0n) is 11.3. The summed E-state index contributed by atoms with van der Waals surface area (Å²) in [5.74, 6) is 0.141. The molecule has 1 amide bonds. The van der Waals surface area contributed by atoms with Crippen molar-refractivity contribution in [2.45, 2.75) is 38.6 Å². The Balaban J connectivity index is 1.97. The van der Waals surface area contributed by atoms with Crippen LogP contribution in [-0.2, 0) is 0 Å². The predicted octanol–water partition coefficient (Wildman–Crippen LogP) is 3.13. The molecule has 1 aromatic rings. The highest BCUT2D eigenvalue weighted by molar-refractivity contribution is 5.94. The summed E-state index contributed by atoms with van der Waals surface area (Å²) in [5, 5.41) is 3.31. The van der Waals surface area contributed by atoms with Gasteiger partial charge in [-0.3, -0.25) is 4.79 Å². The number of anilines is 1. The number of carbonyl (C=O) groups is 1. The largest absolute Gasteiger partial charge is 0.385 e. The van der Waals surface area contributed by atoms with Crippen molar-refractivity contribution in [2.24, 2.45) is 0 Å². The quantitative estimate of drug-likeness (QED) is 0.865. The lowest BCUT2D eigenvalue weighted by Gasteiger charge is -2.34. The minimum Gasteiger partial charge on any atom is -0.385 e. The second kappa shape index (κ2) is 5.89. The highest BCUT2D eigenvalue weighted by Crippen LogP contribution is 2.25.